The molecule has 2 nitrogen and oxygen atoms in total. The van der Waals surface area contributed by atoms with Crippen LogP contribution in [-0.4, -0.2) is 4.98 Å². The number of thiazole rings is 1. The largest absolute Gasteiger partial charge is 0.304 e. The van der Waals surface area contributed by atoms with E-state index in [0.29, 0.717) is 0 Å². The van der Waals surface area contributed by atoms with E-state index in [1.807, 2.05) is 5.38 Å². The standard InChI is InChI=1S/C12H13FN2S/c1-9(10-2-4-11(13)5-3-10)15-8-12-14-6-7-16-12/h2-7,9,15H,8H2,1H3/t9-/m0/s1. The van der Waals surface area contributed by atoms with Crippen molar-refractivity contribution in [1.82, 2.24) is 10.3 Å². The summed E-state index contributed by atoms with van der Waals surface area (Å²) in [7, 11) is 0. The predicted octanol–water partition coefficient (Wildman–Crippen LogP) is 3.13. The smallest absolute Gasteiger partial charge is 0.123 e. The van der Waals surface area contributed by atoms with E-state index in [1.54, 1.807) is 29.7 Å². The van der Waals surface area contributed by atoms with Crippen molar-refractivity contribution in [3.05, 3.63) is 52.2 Å². The highest BCUT2D eigenvalue weighted by molar-refractivity contribution is 7.09. The molecule has 0 bridgehead atoms. The number of halogens is 1. The molecular formula is C12H13FN2S. The zero-order chi connectivity index (χ0) is 11.4. The van der Waals surface area contributed by atoms with Crippen molar-refractivity contribution in [2.45, 2.75) is 19.5 Å². The van der Waals surface area contributed by atoms with Crippen LogP contribution in [0.15, 0.2) is 35.8 Å². The van der Waals surface area contributed by atoms with Crippen LogP contribution in [0.1, 0.15) is 23.5 Å². The Balaban J connectivity index is 1.93. The number of nitrogens with one attached hydrogen (secondary N) is 1. The van der Waals surface area contributed by atoms with Crippen LogP contribution < -0.4 is 5.32 Å². The molecule has 0 spiro atoms. The van der Waals surface area contributed by atoms with Crippen molar-refractivity contribution in [2.75, 3.05) is 0 Å². The van der Waals surface area contributed by atoms with Crippen molar-refractivity contribution < 1.29 is 4.39 Å². The predicted molar refractivity (Wildman–Crippen MR) is 63.8 cm³/mol. The van der Waals surface area contributed by atoms with Gasteiger partial charge in [0.15, 0.2) is 0 Å². The summed E-state index contributed by atoms with van der Waals surface area (Å²) in [4.78, 5) is 4.19. The van der Waals surface area contributed by atoms with Crippen molar-refractivity contribution in [3.8, 4) is 0 Å². The molecule has 0 saturated heterocycles. The summed E-state index contributed by atoms with van der Waals surface area (Å²) in [6.07, 6.45) is 1.80. The lowest BCUT2D eigenvalue weighted by atomic mass is 10.1. The van der Waals surface area contributed by atoms with Crippen molar-refractivity contribution in [3.63, 3.8) is 0 Å². The van der Waals surface area contributed by atoms with E-state index >= 15 is 0 Å². The summed E-state index contributed by atoms with van der Waals surface area (Å²) in [5.41, 5.74) is 1.08. The second-order valence-electron chi connectivity index (χ2n) is 3.58. The molecule has 0 amide bonds. The van der Waals surface area contributed by atoms with E-state index in [9.17, 15) is 4.39 Å². The van der Waals surface area contributed by atoms with Gasteiger partial charge < -0.3 is 5.32 Å². The summed E-state index contributed by atoms with van der Waals surface area (Å²) in [5.74, 6) is -0.198. The van der Waals surface area contributed by atoms with Gasteiger partial charge in [0.25, 0.3) is 0 Å². The third-order valence-electron chi connectivity index (χ3n) is 2.41. The number of rotatable bonds is 4. The van der Waals surface area contributed by atoms with Gasteiger partial charge in [-0.25, -0.2) is 9.37 Å². The fraction of sp³-hybridized carbons (Fsp3) is 0.250. The summed E-state index contributed by atoms with van der Waals surface area (Å²) < 4.78 is 12.7. The fourth-order valence-corrected chi connectivity index (χ4v) is 2.02. The van der Waals surface area contributed by atoms with Gasteiger partial charge in [-0.05, 0) is 24.6 Å². The van der Waals surface area contributed by atoms with Crippen LogP contribution in [0.3, 0.4) is 0 Å². The summed E-state index contributed by atoms with van der Waals surface area (Å²) in [6.45, 7) is 2.80. The molecule has 0 saturated carbocycles. The number of hydrogen-bond acceptors (Lipinski definition) is 3. The van der Waals surface area contributed by atoms with Crippen LogP contribution in [0.2, 0.25) is 0 Å². The minimum Gasteiger partial charge on any atom is -0.304 e. The van der Waals surface area contributed by atoms with Crippen LogP contribution in [0.25, 0.3) is 0 Å². The minimum atomic E-state index is -0.198. The zero-order valence-electron chi connectivity index (χ0n) is 8.98. The molecule has 0 unspecified atom stereocenters. The second kappa shape index (κ2) is 5.18. The highest BCUT2D eigenvalue weighted by atomic mass is 32.1. The number of hydrogen-bond donors (Lipinski definition) is 1. The number of aromatic nitrogens is 1. The molecule has 16 heavy (non-hydrogen) atoms. The highest BCUT2D eigenvalue weighted by Gasteiger charge is 2.05. The lowest BCUT2D eigenvalue weighted by molar-refractivity contribution is 0.570. The van der Waals surface area contributed by atoms with Gasteiger partial charge in [-0.2, -0.15) is 0 Å². The molecular weight excluding hydrogens is 223 g/mol. The molecule has 1 heterocycles. The van der Waals surface area contributed by atoms with Crippen molar-refractivity contribution >= 4 is 11.3 Å². The van der Waals surface area contributed by atoms with Gasteiger partial charge in [0.1, 0.15) is 10.8 Å². The first kappa shape index (κ1) is 11.2. The minimum absolute atomic E-state index is 0.198. The average Bonchev–Trinajstić information content (AvgIpc) is 2.80. The van der Waals surface area contributed by atoms with Crippen LogP contribution in [0, 0.1) is 5.82 Å². The van der Waals surface area contributed by atoms with Gasteiger partial charge in [-0.15, -0.1) is 11.3 Å². The first-order valence-corrected chi connectivity index (χ1v) is 6.01. The first-order valence-electron chi connectivity index (χ1n) is 5.13. The monoisotopic (exact) mass is 236 g/mol. The molecule has 1 aromatic carbocycles. The van der Waals surface area contributed by atoms with E-state index in [2.05, 4.69) is 17.2 Å². The second-order valence-corrected chi connectivity index (χ2v) is 4.56. The average molecular weight is 236 g/mol. The first-order chi connectivity index (χ1) is 7.75. The molecule has 2 aromatic rings. The molecule has 0 radical (unpaired) electrons. The fourth-order valence-electron chi connectivity index (χ4n) is 1.45. The van der Waals surface area contributed by atoms with Crippen LogP contribution >= 0.6 is 11.3 Å². The van der Waals surface area contributed by atoms with Crippen LogP contribution in [-0.2, 0) is 6.54 Å². The van der Waals surface area contributed by atoms with Crippen molar-refractivity contribution in [2.24, 2.45) is 0 Å². The summed E-state index contributed by atoms with van der Waals surface area (Å²) in [6, 6.07) is 6.77. The maximum Gasteiger partial charge on any atom is 0.123 e. The van der Waals surface area contributed by atoms with Gasteiger partial charge >= 0.3 is 0 Å². The third-order valence-corrected chi connectivity index (χ3v) is 3.19. The van der Waals surface area contributed by atoms with Gasteiger partial charge in [-0.1, -0.05) is 12.1 Å². The van der Waals surface area contributed by atoms with Gasteiger partial charge in [-0.3, -0.25) is 0 Å². The quantitative estimate of drug-likeness (QED) is 0.882. The zero-order valence-corrected chi connectivity index (χ0v) is 9.80. The third kappa shape index (κ3) is 2.87. The molecule has 0 aliphatic carbocycles. The topological polar surface area (TPSA) is 24.9 Å². The normalized spacial score (nSPS) is 12.6. The summed E-state index contributed by atoms with van der Waals surface area (Å²) >= 11 is 1.63. The number of benzene rings is 1. The van der Waals surface area contributed by atoms with Gasteiger partial charge in [0.05, 0.1) is 0 Å². The SMILES string of the molecule is C[C@H](NCc1nccs1)c1ccc(F)cc1. The van der Waals surface area contributed by atoms with E-state index in [1.165, 1.54) is 12.1 Å². The molecule has 0 fully saturated rings. The Labute approximate surface area is 98.2 Å². The molecule has 0 aliphatic rings. The van der Waals surface area contributed by atoms with Gasteiger partial charge in [0, 0.05) is 24.2 Å². The van der Waals surface area contributed by atoms with E-state index in [4.69, 9.17) is 0 Å². The van der Waals surface area contributed by atoms with E-state index in [-0.39, 0.29) is 11.9 Å². The van der Waals surface area contributed by atoms with Crippen molar-refractivity contribution in [1.29, 1.82) is 0 Å². The molecule has 84 valence electrons. The van der Waals surface area contributed by atoms with E-state index in [0.717, 1.165) is 17.1 Å². The molecule has 1 N–H and O–H groups in total. The van der Waals surface area contributed by atoms with E-state index < -0.39 is 0 Å². The Morgan fingerprint density at radius 2 is 2.12 bits per heavy atom. The Hall–Kier alpha value is -1.26. The molecule has 0 aliphatic heterocycles. The van der Waals surface area contributed by atoms with Crippen LogP contribution in [0.4, 0.5) is 4.39 Å². The Morgan fingerprint density at radius 3 is 2.75 bits per heavy atom. The molecule has 2 rings (SSSR count). The Kier molecular flexibility index (Phi) is 3.64. The lowest BCUT2D eigenvalue weighted by Crippen LogP contribution is -2.17. The maximum absolute atomic E-state index is 12.7. The van der Waals surface area contributed by atoms with Crippen LogP contribution in [0.5, 0.6) is 0 Å². The van der Waals surface area contributed by atoms with Gasteiger partial charge in [0.2, 0.25) is 0 Å². The molecule has 1 aromatic heterocycles. The number of nitrogens with zero attached hydrogens (tertiary/aromatic N) is 1. The molecule has 1 atom stereocenters. The Bertz CT molecular complexity index is 425. The highest BCUT2D eigenvalue weighted by Crippen LogP contribution is 2.14. The maximum atomic E-state index is 12.7. The Morgan fingerprint density at radius 1 is 1.38 bits per heavy atom. The molecule has 4 heteroatoms. The lowest BCUT2D eigenvalue weighted by Gasteiger charge is -2.12. The summed E-state index contributed by atoms with van der Waals surface area (Å²) in [5, 5.41) is 6.37.